The van der Waals surface area contributed by atoms with Crippen molar-refractivity contribution in [2.24, 2.45) is 5.92 Å². The number of hydrogen-bond acceptors (Lipinski definition) is 3. The van der Waals surface area contributed by atoms with E-state index in [1.165, 1.54) is 22.3 Å². The molecule has 1 aliphatic rings. The molecule has 1 fully saturated rings. The molecule has 5 heteroatoms. The number of aryl methyl sites for hydroxylation is 3. The highest BCUT2D eigenvalue weighted by atomic mass is 16.2. The standard InChI is InChI=1S/C26H32N4O/c1-19-13-20(2)24(21(3)14-19)17-29-12-11-28-25(29)18-30(16-22-7-6-10-27-15-22)26(31)23-8-4-5-9-23/h6-7,10-15,23H,4-5,8-9,16-18H2,1-3H3. The van der Waals surface area contributed by atoms with Crippen molar-refractivity contribution in [2.75, 3.05) is 0 Å². The molecule has 0 saturated heterocycles. The Balaban J connectivity index is 1.57. The predicted molar refractivity (Wildman–Crippen MR) is 122 cm³/mol. The van der Waals surface area contributed by atoms with Gasteiger partial charge in [0.2, 0.25) is 5.91 Å². The van der Waals surface area contributed by atoms with Crippen molar-refractivity contribution in [3.63, 3.8) is 0 Å². The number of carbonyl (C=O) groups excluding carboxylic acids is 1. The van der Waals surface area contributed by atoms with Gasteiger partial charge in [-0.05, 0) is 61.9 Å². The van der Waals surface area contributed by atoms with Crippen LogP contribution in [0, 0.1) is 26.7 Å². The lowest BCUT2D eigenvalue weighted by molar-refractivity contribution is -0.136. The van der Waals surface area contributed by atoms with Crippen LogP contribution in [0.15, 0.2) is 49.1 Å². The second kappa shape index (κ2) is 9.46. The molecule has 1 aromatic carbocycles. The number of benzene rings is 1. The van der Waals surface area contributed by atoms with Crippen LogP contribution in [0.5, 0.6) is 0 Å². The van der Waals surface area contributed by atoms with Crippen molar-refractivity contribution in [2.45, 2.75) is 66.1 Å². The Morgan fingerprint density at radius 2 is 1.84 bits per heavy atom. The van der Waals surface area contributed by atoms with Crippen molar-refractivity contribution < 1.29 is 4.79 Å². The molecule has 0 spiro atoms. The Bertz CT molecular complexity index is 1010. The summed E-state index contributed by atoms with van der Waals surface area (Å²) in [4.78, 5) is 24.2. The molecule has 3 aromatic rings. The van der Waals surface area contributed by atoms with Gasteiger partial charge in [-0.3, -0.25) is 9.78 Å². The maximum absolute atomic E-state index is 13.4. The summed E-state index contributed by atoms with van der Waals surface area (Å²) in [7, 11) is 0. The molecule has 2 aromatic heterocycles. The molecule has 5 nitrogen and oxygen atoms in total. The first-order chi connectivity index (χ1) is 15.0. The lowest BCUT2D eigenvalue weighted by atomic mass is 10.00. The summed E-state index contributed by atoms with van der Waals surface area (Å²) < 4.78 is 2.18. The van der Waals surface area contributed by atoms with Gasteiger partial charge in [-0.2, -0.15) is 0 Å². The molecule has 0 N–H and O–H groups in total. The number of nitrogens with zero attached hydrogens (tertiary/aromatic N) is 4. The zero-order valence-electron chi connectivity index (χ0n) is 18.8. The average Bonchev–Trinajstić information content (AvgIpc) is 3.43. The average molecular weight is 417 g/mol. The van der Waals surface area contributed by atoms with E-state index in [1.54, 1.807) is 6.20 Å². The molecule has 4 rings (SSSR count). The summed E-state index contributed by atoms with van der Waals surface area (Å²) in [6.45, 7) is 8.33. The van der Waals surface area contributed by atoms with Crippen molar-refractivity contribution >= 4 is 5.91 Å². The molecule has 162 valence electrons. The Morgan fingerprint density at radius 1 is 1.10 bits per heavy atom. The van der Waals surface area contributed by atoms with E-state index < -0.39 is 0 Å². The summed E-state index contributed by atoms with van der Waals surface area (Å²) in [5.74, 6) is 1.31. The molecule has 0 bridgehead atoms. The number of hydrogen-bond donors (Lipinski definition) is 0. The van der Waals surface area contributed by atoms with Crippen LogP contribution in [-0.4, -0.2) is 25.3 Å². The van der Waals surface area contributed by atoms with Gasteiger partial charge in [0.15, 0.2) is 0 Å². The fourth-order valence-electron chi connectivity index (χ4n) is 4.79. The summed E-state index contributed by atoms with van der Waals surface area (Å²) in [5, 5.41) is 0. The summed E-state index contributed by atoms with van der Waals surface area (Å²) in [5.41, 5.74) is 6.26. The van der Waals surface area contributed by atoms with Crippen LogP contribution < -0.4 is 0 Å². The Morgan fingerprint density at radius 3 is 2.52 bits per heavy atom. The molecule has 31 heavy (non-hydrogen) atoms. The van der Waals surface area contributed by atoms with Crippen LogP contribution in [0.25, 0.3) is 0 Å². The first-order valence-electron chi connectivity index (χ1n) is 11.3. The predicted octanol–water partition coefficient (Wildman–Crippen LogP) is 4.97. The Labute approximate surface area is 185 Å². The van der Waals surface area contributed by atoms with Gasteiger partial charge in [0.1, 0.15) is 5.82 Å². The van der Waals surface area contributed by atoms with Gasteiger partial charge in [-0.15, -0.1) is 0 Å². The molecule has 0 radical (unpaired) electrons. The summed E-state index contributed by atoms with van der Waals surface area (Å²) >= 11 is 0. The minimum atomic E-state index is 0.140. The van der Waals surface area contributed by atoms with Gasteiger partial charge in [-0.25, -0.2) is 4.98 Å². The number of aromatic nitrogens is 3. The lowest BCUT2D eigenvalue weighted by Gasteiger charge is -2.26. The van der Waals surface area contributed by atoms with E-state index >= 15 is 0 Å². The van der Waals surface area contributed by atoms with E-state index in [9.17, 15) is 4.79 Å². The van der Waals surface area contributed by atoms with Gasteiger partial charge in [0.25, 0.3) is 0 Å². The molecular weight excluding hydrogens is 384 g/mol. The number of amides is 1. The van der Waals surface area contributed by atoms with E-state index in [0.717, 1.165) is 43.6 Å². The number of carbonyl (C=O) groups is 1. The fraction of sp³-hybridized carbons (Fsp3) is 0.423. The van der Waals surface area contributed by atoms with Crippen molar-refractivity contribution in [1.29, 1.82) is 0 Å². The molecule has 1 aliphatic carbocycles. The highest BCUT2D eigenvalue weighted by Crippen LogP contribution is 2.28. The maximum atomic E-state index is 13.4. The highest BCUT2D eigenvalue weighted by molar-refractivity contribution is 5.79. The van der Waals surface area contributed by atoms with E-state index in [4.69, 9.17) is 0 Å². The minimum Gasteiger partial charge on any atom is -0.331 e. The quantitative estimate of drug-likeness (QED) is 0.546. The normalized spacial score (nSPS) is 14.2. The molecule has 2 heterocycles. The fourth-order valence-corrected chi connectivity index (χ4v) is 4.79. The van der Waals surface area contributed by atoms with Crippen LogP contribution >= 0.6 is 0 Å². The minimum absolute atomic E-state index is 0.140. The first-order valence-corrected chi connectivity index (χ1v) is 11.3. The van der Waals surface area contributed by atoms with E-state index in [1.807, 2.05) is 35.6 Å². The molecule has 1 saturated carbocycles. The molecular formula is C26H32N4O. The van der Waals surface area contributed by atoms with Crippen molar-refractivity contribution in [3.05, 3.63) is 82.7 Å². The zero-order chi connectivity index (χ0) is 21.8. The third-order valence-corrected chi connectivity index (χ3v) is 6.42. The second-order valence-electron chi connectivity index (χ2n) is 8.89. The van der Waals surface area contributed by atoms with Crippen molar-refractivity contribution in [3.8, 4) is 0 Å². The van der Waals surface area contributed by atoms with Crippen LogP contribution in [-0.2, 0) is 24.4 Å². The van der Waals surface area contributed by atoms with Crippen molar-refractivity contribution in [1.82, 2.24) is 19.4 Å². The highest BCUT2D eigenvalue weighted by Gasteiger charge is 2.28. The SMILES string of the molecule is Cc1cc(C)c(Cn2ccnc2CN(Cc2cccnc2)C(=O)C2CCCC2)c(C)c1. The van der Waals surface area contributed by atoms with Gasteiger partial charge in [0.05, 0.1) is 6.54 Å². The molecule has 0 unspecified atom stereocenters. The second-order valence-corrected chi connectivity index (χ2v) is 8.89. The topological polar surface area (TPSA) is 51.0 Å². The van der Waals surface area contributed by atoms with Crippen LogP contribution in [0.4, 0.5) is 0 Å². The number of rotatable bonds is 7. The maximum Gasteiger partial charge on any atom is 0.226 e. The van der Waals surface area contributed by atoms with E-state index in [-0.39, 0.29) is 11.8 Å². The molecule has 0 atom stereocenters. The van der Waals surface area contributed by atoms with E-state index in [0.29, 0.717) is 13.1 Å². The van der Waals surface area contributed by atoms with Gasteiger partial charge in [-0.1, -0.05) is 36.6 Å². The smallest absolute Gasteiger partial charge is 0.226 e. The Hall–Kier alpha value is -2.95. The third-order valence-electron chi connectivity index (χ3n) is 6.42. The summed E-state index contributed by atoms with van der Waals surface area (Å²) in [6.07, 6.45) is 11.8. The molecule has 1 amide bonds. The van der Waals surface area contributed by atoms with Crippen LogP contribution in [0.1, 0.15) is 59.3 Å². The van der Waals surface area contributed by atoms with Gasteiger partial charge >= 0.3 is 0 Å². The van der Waals surface area contributed by atoms with Crippen LogP contribution in [0.2, 0.25) is 0 Å². The first kappa shape index (κ1) is 21.3. The van der Waals surface area contributed by atoms with Crippen LogP contribution in [0.3, 0.4) is 0 Å². The van der Waals surface area contributed by atoms with Gasteiger partial charge in [0, 0.05) is 43.8 Å². The Kier molecular flexibility index (Phi) is 6.50. The number of imidazole rings is 1. The van der Waals surface area contributed by atoms with E-state index in [2.05, 4.69) is 47.4 Å². The number of pyridine rings is 1. The van der Waals surface area contributed by atoms with Gasteiger partial charge < -0.3 is 9.47 Å². The molecule has 0 aliphatic heterocycles. The zero-order valence-corrected chi connectivity index (χ0v) is 18.8. The third kappa shape index (κ3) is 5.04. The lowest BCUT2D eigenvalue weighted by Crippen LogP contribution is -2.35. The largest absolute Gasteiger partial charge is 0.331 e. The monoisotopic (exact) mass is 416 g/mol. The summed E-state index contributed by atoms with van der Waals surface area (Å²) in [6, 6.07) is 8.43.